The minimum absolute atomic E-state index is 0.00791. The second kappa shape index (κ2) is 7.91. The summed E-state index contributed by atoms with van der Waals surface area (Å²) in [5.74, 6) is -0.314. The molecule has 146 valence electrons. The monoisotopic (exact) mass is 384 g/mol. The summed E-state index contributed by atoms with van der Waals surface area (Å²) in [6.45, 7) is 2.30. The minimum Gasteiger partial charge on any atom is -0.383 e. The molecule has 0 radical (unpaired) electrons. The Morgan fingerprint density at radius 2 is 2.18 bits per heavy atom. The smallest absolute Gasteiger partial charge is 0.330 e. The number of hydrogen-bond acceptors (Lipinski definition) is 7. The molecule has 0 aromatic carbocycles. The number of pyridine rings is 1. The number of nitrogens with zero attached hydrogens (tertiary/aromatic N) is 4. The molecule has 0 bridgehead atoms. The molecule has 0 saturated heterocycles. The van der Waals surface area contributed by atoms with Crippen LogP contribution in [0, 0.1) is 0 Å². The number of amides is 1. The fraction of sp³-hybridized carbons (Fsp3) is 0.278. The Hall–Kier alpha value is -3.69. The molecular formula is C18H20N6O4. The Kier molecular flexibility index (Phi) is 5.39. The summed E-state index contributed by atoms with van der Waals surface area (Å²) in [6.07, 6.45) is 4.73. The zero-order chi connectivity index (χ0) is 20.3. The Morgan fingerprint density at radius 3 is 2.86 bits per heavy atom. The topological polar surface area (TPSA) is 140 Å². The molecule has 3 rings (SSSR count). The van der Waals surface area contributed by atoms with Crippen LogP contribution in [0.4, 0.5) is 11.5 Å². The van der Waals surface area contributed by atoms with E-state index in [-0.39, 0.29) is 17.2 Å². The van der Waals surface area contributed by atoms with Gasteiger partial charge in [-0.2, -0.15) is 0 Å². The van der Waals surface area contributed by atoms with Crippen LogP contribution in [0.15, 0.2) is 44.7 Å². The van der Waals surface area contributed by atoms with Crippen molar-refractivity contribution >= 4 is 17.4 Å². The van der Waals surface area contributed by atoms with Crippen LogP contribution in [-0.2, 0) is 6.54 Å². The molecule has 10 nitrogen and oxygen atoms in total. The van der Waals surface area contributed by atoms with Crippen LogP contribution in [0.25, 0.3) is 11.3 Å². The zero-order valence-corrected chi connectivity index (χ0v) is 15.5. The summed E-state index contributed by atoms with van der Waals surface area (Å²) in [5, 5.41) is 3.77. The number of H-pyrrole nitrogens is 1. The lowest BCUT2D eigenvalue weighted by Crippen LogP contribution is -2.39. The number of rotatable bonds is 6. The molecule has 0 aliphatic rings. The van der Waals surface area contributed by atoms with Gasteiger partial charge in [0.1, 0.15) is 5.82 Å². The summed E-state index contributed by atoms with van der Waals surface area (Å²) >= 11 is 0. The van der Waals surface area contributed by atoms with Gasteiger partial charge in [0.25, 0.3) is 11.5 Å². The Bertz CT molecular complexity index is 1100. The summed E-state index contributed by atoms with van der Waals surface area (Å²) in [6, 6.07) is 4.94. The Labute approximate surface area is 159 Å². The molecule has 1 amide bonds. The number of nitrogens with one attached hydrogen (secondary N) is 1. The third kappa shape index (κ3) is 3.56. The van der Waals surface area contributed by atoms with Gasteiger partial charge in [0, 0.05) is 37.6 Å². The fourth-order valence-corrected chi connectivity index (χ4v) is 2.73. The van der Waals surface area contributed by atoms with Crippen molar-refractivity contribution < 1.29 is 9.32 Å². The average molecular weight is 384 g/mol. The SMILES string of the molecule is CCCCn1c(N)c(N(C)C(=O)c2cc(-c3cccnc3)on2)c(=O)[nH]c1=O. The number of nitrogens with two attached hydrogens (primary N) is 1. The van der Waals surface area contributed by atoms with E-state index >= 15 is 0 Å². The molecule has 28 heavy (non-hydrogen) atoms. The van der Waals surface area contributed by atoms with Crippen molar-refractivity contribution in [3.8, 4) is 11.3 Å². The van der Waals surface area contributed by atoms with Gasteiger partial charge in [0.2, 0.25) is 0 Å². The number of hydrogen-bond donors (Lipinski definition) is 2. The van der Waals surface area contributed by atoms with Gasteiger partial charge in [-0.05, 0) is 18.6 Å². The van der Waals surface area contributed by atoms with Crippen molar-refractivity contribution in [1.29, 1.82) is 0 Å². The maximum Gasteiger partial charge on any atom is 0.330 e. The van der Waals surface area contributed by atoms with E-state index in [4.69, 9.17) is 10.3 Å². The van der Waals surface area contributed by atoms with Gasteiger partial charge >= 0.3 is 5.69 Å². The van der Waals surface area contributed by atoms with Crippen molar-refractivity contribution in [3.05, 3.63) is 57.1 Å². The summed E-state index contributed by atoms with van der Waals surface area (Å²) in [4.78, 5) is 44.4. The van der Waals surface area contributed by atoms with Gasteiger partial charge in [0.05, 0.1) is 0 Å². The third-order valence-corrected chi connectivity index (χ3v) is 4.26. The van der Waals surface area contributed by atoms with Gasteiger partial charge < -0.3 is 15.2 Å². The lowest BCUT2D eigenvalue weighted by atomic mass is 10.2. The lowest BCUT2D eigenvalue weighted by molar-refractivity contribution is 0.0984. The van der Waals surface area contributed by atoms with Gasteiger partial charge in [-0.25, -0.2) is 4.79 Å². The number of anilines is 2. The molecule has 0 atom stereocenters. The molecule has 0 aliphatic carbocycles. The molecular weight excluding hydrogens is 364 g/mol. The van der Waals surface area contributed by atoms with Crippen LogP contribution in [-0.4, -0.2) is 32.6 Å². The molecule has 3 aromatic rings. The quantitative estimate of drug-likeness (QED) is 0.651. The predicted octanol–water partition coefficient (Wildman–Crippen LogP) is 1.25. The van der Waals surface area contributed by atoms with Crippen LogP contribution < -0.4 is 21.9 Å². The van der Waals surface area contributed by atoms with E-state index in [0.29, 0.717) is 24.3 Å². The first-order valence-electron chi connectivity index (χ1n) is 8.71. The largest absolute Gasteiger partial charge is 0.383 e. The first kappa shape index (κ1) is 19.1. The number of carbonyl (C=O) groups is 1. The summed E-state index contributed by atoms with van der Waals surface area (Å²) in [5.41, 5.74) is 5.21. The maximum absolute atomic E-state index is 12.8. The predicted molar refractivity (Wildman–Crippen MR) is 103 cm³/mol. The molecule has 3 heterocycles. The summed E-state index contributed by atoms with van der Waals surface area (Å²) < 4.78 is 6.45. The summed E-state index contributed by atoms with van der Waals surface area (Å²) in [7, 11) is 1.39. The van der Waals surface area contributed by atoms with Crippen molar-refractivity contribution in [3.63, 3.8) is 0 Å². The van der Waals surface area contributed by atoms with Crippen molar-refractivity contribution in [2.45, 2.75) is 26.3 Å². The molecule has 0 saturated carbocycles. The highest BCUT2D eigenvalue weighted by Gasteiger charge is 2.24. The zero-order valence-electron chi connectivity index (χ0n) is 15.5. The molecule has 3 N–H and O–H groups in total. The lowest BCUT2D eigenvalue weighted by Gasteiger charge is -2.19. The van der Waals surface area contributed by atoms with E-state index in [1.807, 2.05) is 6.92 Å². The van der Waals surface area contributed by atoms with Crippen LogP contribution in [0.1, 0.15) is 30.3 Å². The molecule has 0 aliphatic heterocycles. The van der Waals surface area contributed by atoms with E-state index in [0.717, 1.165) is 11.3 Å². The molecule has 0 spiro atoms. The second-order valence-electron chi connectivity index (χ2n) is 6.18. The Morgan fingerprint density at radius 1 is 1.39 bits per heavy atom. The van der Waals surface area contributed by atoms with E-state index in [2.05, 4.69) is 15.1 Å². The number of nitrogen functional groups attached to an aromatic ring is 1. The van der Waals surface area contributed by atoms with Crippen molar-refractivity contribution in [2.24, 2.45) is 0 Å². The van der Waals surface area contributed by atoms with E-state index < -0.39 is 17.2 Å². The van der Waals surface area contributed by atoms with Gasteiger partial charge in [0.15, 0.2) is 17.1 Å². The highest BCUT2D eigenvalue weighted by Crippen LogP contribution is 2.22. The van der Waals surface area contributed by atoms with Crippen LogP contribution in [0.2, 0.25) is 0 Å². The van der Waals surface area contributed by atoms with Crippen LogP contribution in [0.5, 0.6) is 0 Å². The standard InChI is InChI=1S/C18H20N6O4/c1-3-4-8-24-15(19)14(16(25)21-18(24)27)23(2)17(26)12-9-13(28-22-12)11-6-5-7-20-10-11/h5-7,9-10H,3-4,8,19H2,1-2H3,(H,21,25,27). The number of unbranched alkanes of at least 4 members (excludes halogenated alkanes) is 1. The first-order valence-corrected chi connectivity index (χ1v) is 8.71. The highest BCUT2D eigenvalue weighted by atomic mass is 16.5. The molecule has 0 fully saturated rings. The van der Waals surface area contributed by atoms with Gasteiger partial charge in [-0.1, -0.05) is 18.5 Å². The normalized spacial score (nSPS) is 10.8. The van der Waals surface area contributed by atoms with E-state index in [1.54, 1.807) is 24.5 Å². The van der Waals surface area contributed by atoms with E-state index in [9.17, 15) is 14.4 Å². The van der Waals surface area contributed by atoms with Crippen LogP contribution in [0.3, 0.4) is 0 Å². The first-order chi connectivity index (χ1) is 13.4. The average Bonchev–Trinajstić information content (AvgIpc) is 3.18. The van der Waals surface area contributed by atoms with Gasteiger partial charge in [-0.15, -0.1) is 0 Å². The number of aromatic nitrogens is 4. The van der Waals surface area contributed by atoms with Gasteiger partial charge in [-0.3, -0.25) is 24.1 Å². The highest BCUT2D eigenvalue weighted by molar-refractivity contribution is 6.05. The third-order valence-electron chi connectivity index (χ3n) is 4.26. The molecule has 0 unspecified atom stereocenters. The minimum atomic E-state index is -0.748. The second-order valence-corrected chi connectivity index (χ2v) is 6.18. The maximum atomic E-state index is 12.8. The van der Waals surface area contributed by atoms with Crippen molar-refractivity contribution in [1.82, 2.24) is 19.7 Å². The Balaban J connectivity index is 1.95. The molecule has 10 heteroatoms. The number of aromatic amines is 1. The number of carbonyl (C=O) groups excluding carboxylic acids is 1. The van der Waals surface area contributed by atoms with E-state index in [1.165, 1.54) is 17.7 Å². The van der Waals surface area contributed by atoms with Crippen LogP contribution >= 0.6 is 0 Å². The fourth-order valence-electron chi connectivity index (χ4n) is 2.73. The van der Waals surface area contributed by atoms with Crippen molar-refractivity contribution in [2.75, 3.05) is 17.7 Å². The molecule has 3 aromatic heterocycles.